The highest BCUT2D eigenvalue weighted by Gasteiger charge is 2.30. The summed E-state index contributed by atoms with van der Waals surface area (Å²) in [5.41, 5.74) is -2.01. The number of carbonyl (C=O) groups excluding carboxylic acids is 2. The highest BCUT2D eigenvalue weighted by molar-refractivity contribution is 5.79. The van der Waals surface area contributed by atoms with Crippen LogP contribution in [0, 0.1) is 0 Å². The molecule has 0 saturated heterocycles. The molecule has 0 aromatic carbocycles. The molecule has 0 aliphatic carbocycles. The first kappa shape index (κ1) is 17.2. The van der Waals surface area contributed by atoms with Gasteiger partial charge in [-0.25, -0.2) is 9.59 Å². The van der Waals surface area contributed by atoms with Gasteiger partial charge in [0.25, 0.3) is 0 Å². The highest BCUT2D eigenvalue weighted by Crippen LogP contribution is 2.00. The Bertz CT molecular complexity index is 329. The van der Waals surface area contributed by atoms with E-state index in [2.05, 4.69) is 10.6 Å². The number of amides is 2. The Morgan fingerprint density at radius 3 is 2.42 bits per heavy atom. The molecule has 0 aliphatic rings. The number of urea groups is 1. The molecular weight excluding hydrogens is 256 g/mol. The Kier molecular flexibility index (Phi) is 7.50. The second-order valence-electron chi connectivity index (χ2n) is 4.10. The summed E-state index contributed by atoms with van der Waals surface area (Å²) in [6.07, 6.45) is 0.614. The third kappa shape index (κ3) is 7.98. The molecule has 19 heavy (non-hydrogen) atoms. The fourth-order valence-corrected chi connectivity index (χ4v) is 1.06. The number of hydrogen-bond acceptors (Lipinski definition) is 5. The average Bonchev–Trinajstić information content (AvgIpc) is 2.32. The summed E-state index contributed by atoms with van der Waals surface area (Å²) in [7, 11) is 0. The molecule has 0 fully saturated rings. The van der Waals surface area contributed by atoms with E-state index in [1.54, 1.807) is 6.92 Å². The van der Waals surface area contributed by atoms with E-state index in [1.807, 2.05) is 0 Å². The van der Waals surface area contributed by atoms with Gasteiger partial charge >= 0.3 is 18.0 Å². The zero-order valence-electron chi connectivity index (χ0n) is 11.1. The summed E-state index contributed by atoms with van der Waals surface area (Å²) < 4.78 is 4.70. The van der Waals surface area contributed by atoms with Gasteiger partial charge in [0.15, 0.2) is 5.60 Å². The minimum absolute atomic E-state index is 0.195. The van der Waals surface area contributed by atoms with Crippen molar-refractivity contribution in [2.45, 2.75) is 32.3 Å². The van der Waals surface area contributed by atoms with Crippen molar-refractivity contribution in [3.8, 4) is 0 Å². The van der Waals surface area contributed by atoms with Crippen LogP contribution in [0.5, 0.6) is 0 Å². The number of carbonyl (C=O) groups is 3. The van der Waals surface area contributed by atoms with Gasteiger partial charge in [0.05, 0.1) is 13.2 Å². The second kappa shape index (κ2) is 8.30. The summed E-state index contributed by atoms with van der Waals surface area (Å²) >= 11 is 0. The minimum Gasteiger partial charge on any atom is -0.479 e. The summed E-state index contributed by atoms with van der Waals surface area (Å²) in [6, 6.07) is -0.606. The van der Waals surface area contributed by atoms with Gasteiger partial charge < -0.3 is 25.6 Å². The number of rotatable bonds is 8. The fourth-order valence-electron chi connectivity index (χ4n) is 1.06. The first-order valence-electron chi connectivity index (χ1n) is 5.92. The van der Waals surface area contributed by atoms with Crippen LogP contribution < -0.4 is 10.6 Å². The zero-order valence-corrected chi connectivity index (χ0v) is 11.1. The Balaban J connectivity index is 3.71. The number of carboxylic acids is 1. The van der Waals surface area contributed by atoms with Crippen molar-refractivity contribution in [1.82, 2.24) is 10.6 Å². The lowest BCUT2D eigenvalue weighted by Crippen LogP contribution is -2.49. The quantitative estimate of drug-likeness (QED) is 0.349. The number of esters is 1. The predicted octanol–water partition coefficient (Wildman–Crippen LogP) is -0.535. The Morgan fingerprint density at radius 2 is 1.89 bits per heavy atom. The average molecular weight is 276 g/mol. The summed E-state index contributed by atoms with van der Waals surface area (Å²) in [4.78, 5) is 32.8. The molecule has 0 heterocycles. The molecule has 0 spiro atoms. The lowest BCUT2D eigenvalue weighted by molar-refractivity contribution is -0.155. The zero-order chi connectivity index (χ0) is 14.9. The topological polar surface area (TPSA) is 125 Å². The number of aliphatic carboxylic acids is 1. The normalized spacial score (nSPS) is 13.2. The lowest BCUT2D eigenvalue weighted by Gasteiger charge is -2.18. The van der Waals surface area contributed by atoms with Crippen LogP contribution in [0.15, 0.2) is 0 Å². The van der Waals surface area contributed by atoms with E-state index in [0.717, 1.165) is 6.92 Å². The van der Waals surface area contributed by atoms with E-state index in [4.69, 9.17) is 9.84 Å². The van der Waals surface area contributed by atoms with E-state index in [1.165, 1.54) is 0 Å². The molecule has 8 nitrogen and oxygen atoms in total. The molecule has 0 aliphatic heterocycles. The van der Waals surface area contributed by atoms with Crippen LogP contribution in [-0.2, 0) is 14.3 Å². The Morgan fingerprint density at radius 1 is 1.26 bits per heavy atom. The number of hydrogen-bond donors (Lipinski definition) is 4. The second-order valence-corrected chi connectivity index (χ2v) is 4.10. The maximum atomic E-state index is 11.2. The van der Waals surface area contributed by atoms with Crippen LogP contribution >= 0.6 is 0 Å². The van der Waals surface area contributed by atoms with Crippen molar-refractivity contribution >= 4 is 18.0 Å². The van der Waals surface area contributed by atoms with Gasteiger partial charge in [-0.1, -0.05) is 0 Å². The van der Waals surface area contributed by atoms with Crippen molar-refractivity contribution in [2.24, 2.45) is 0 Å². The first-order chi connectivity index (χ1) is 8.79. The summed E-state index contributed by atoms with van der Waals surface area (Å²) in [6.45, 7) is 2.94. The molecule has 1 atom stereocenters. The van der Waals surface area contributed by atoms with E-state index in [-0.39, 0.29) is 18.9 Å². The standard InChI is InChI=1S/C11H20N2O6/c1-3-19-8(14)5-4-6-12-10(17)13-7-11(2,18)9(15)16/h18H,3-7H2,1-2H3,(H,15,16)(H2,12,13,17). The molecule has 0 radical (unpaired) electrons. The van der Waals surface area contributed by atoms with E-state index in [9.17, 15) is 19.5 Å². The van der Waals surface area contributed by atoms with Crippen LogP contribution in [0.1, 0.15) is 26.7 Å². The van der Waals surface area contributed by atoms with Crippen LogP contribution in [0.3, 0.4) is 0 Å². The SMILES string of the molecule is CCOC(=O)CCCNC(=O)NCC(C)(O)C(=O)O. The predicted molar refractivity (Wildman–Crippen MR) is 65.5 cm³/mol. The van der Waals surface area contributed by atoms with Crippen molar-refractivity contribution < 1.29 is 29.3 Å². The number of carboxylic acid groups (broad SMARTS) is 1. The molecule has 0 aromatic rings. The van der Waals surface area contributed by atoms with Crippen LogP contribution in [0.4, 0.5) is 4.79 Å². The molecule has 2 amide bonds. The minimum atomic E-state index is -2.01. The molecule has 110 valence electrons. The van der Waals surface area contributed by atoms with Gasteiger partial charge in [0.1, 0.15) is 0 Å². The van der Waals surface area contributed by atoms with E-state index < -0.39 is 24.1 Å². The third-order valence-corrected chi connectivity index (χ3v) is 2.20. The number of aliphatic hydroxyl groups is 1. The van der Waals surface area contributed by atoms with Crippen LogP contribution in [0.25, 0.3) is 0 Å². The maximum Gasteiger partial charge on any atom is 0.337 e. The molecule has 0 bridgehead atoms. The number of nitrogens with one attached hydrogen (secondary N) is 2. The van der Waals surface area contributed by atoms with Gasteiger partial charge in [-0.15, -0.1) is 0 Å². The Hall–Kier alpha value is -1.83. The van der Waals surface area contributed by atoms with Gasteiger partial charge in [0, 0.05) is 13.0 Å². The first-order valence-corrected chi connectivity index (χ1v) is 5.92. The van der Waals surface area contributed by atoms with Gasteiger partial charge in [-0.3, -0.25) is 4.79 Å². The van der Waals surface area contributed by atoms with Crippen LogP contribution in [-0.4, -0.2) is 53.5 Å². The smallest absolute Gasteiger partial charge is 0.337 e. The van der Waals surface area contributed by atoms with Gasteiger partial charge in [-0.05, 0) is 20.3 Å². The molecule has 1 unspecified atom stereocenters. The van der Waals surface area contributed by atoms with Crippen molar-refractivity contribution in [3.63, 3.8) is 0 Å². The monoisotopic (exact) mass is 276 g/mol. The van der Waals surface area contributed by atoms with Crippen molar-refractivity contribution in [2.75, 3.05) is 19.7 Å². The molecule has 0 aromatic heterocycles. The largest absolute Gasteiger partial charge is 0.479 e. The van der Waals surface area contributed by atoms with E-state index >= 15 is 0 Å². The van der Waals surface area contributed by atoms with Gasteiger partial charge in [-0.2, -0.15) is 0 Å². The third-order valence-electron chi connectivity index (χ3n) is 2.20. The lowest BCUT2D eigenvalue weighted by atomic mass is 10.1. The Labute approximate surface area is 111 Å². The molecule has 0 saturated carbocycles. The van der Waals surface area contributed by atoms with Crippen molar-refractivity contribution in [3.05, 3.63) is 0 Å². The molecule has 0 rings (SSSR count). The summed E-state index contributed by atoms with van der Waals surface area (Å²) in [5, 5.41) is 22.6. The molecule has 4 N–H and O–H groups in total. The molecule has 8 heteroatoms. The van der Waals surface area contributed by atoms with Gasteiger partial charge in [0.2, 0.25) is 0 Å². The summed E-state index contributed by atoms with van der Waals surface area (Å²) in [5.74, 6) is -1.76. The maximum absolute atomic E-state index is 11.2. The van der Waals surface area contributed by atoms with E-state index in [0.29, 0.717) is 13.0 Å². The van der Waals surface area contributed by atoms with Crippen molar-refractivity contribution in [1.29, 1.82) is 0 Å². The highest BCUT2D eigenvalue weighted by atomic mass is 16.5. The van der Waals surface area contributed by atoms with Crippen LogP contribution in [0.2, 0.25) is 0 Å². The molecular formula is C11H20N2O6. The number of ether oxygens (including phenoxy) is 1. The fraction of sp³-hybridized carbons (Fsp3) is 0.727.